The summed E-state index contributed by atoms with van der Waals surface area (Å²) in [5.74, 6) is -3.99. The molecule has 2 amide bonds. The van der Waals surface area contributed by atoms with Gasteiger partial charge in [0.1, 0.15) is 0 Å². The predicted octanol–water partition coefficient (Wildman–Crippen LogP) is 1.92. The molecule has 1 aliphatic rings. The molecular weight excluding hydrogens is 323 g/mol. The Balaban J connectivity index is 2.21. The van der Waals surface area contributed by atoms with Crippen LogP contribution in [-0.4, -0.2) is 47.8 Å². The lowest BCUT2D eigenvalue weighted by Crippen LogP contribution is -2.48. The highest BCUT2D eigenvalue weighted by molar-refractivity contribution is 5.74. The van der Waals surface area contributed by atoms with E-state index in [1.54, 1.807) is 6.92 Å². The third-order valence-corrected chi connectivity index (χ3v) is 4.22. The first-order chi connectivity index (χ1) is 11.4. The molecule has 0 unspecified atom stereocenters. The Morgan fingerprint density at radius 1 is 1.38 bits per heavy atom. The van der Waals surface area contributed by atoms with Gasteiger partial charge in [0.05, 0.1) is 24.7 Å². The molecule has 5 nitrogen and oxygen atoms in total. The van der Waals surface area contributed by atoms with Crippen molar-refractivity contribution in [2.75, 3.05) is 19.7 Å². The zero-order valence-electron chi connectivity index (χ0n) is 13.7. The molecule has 1 saturated heterocycles. The molecule has 0 aromatic heterocycles. The average molecular weight is 345 g/mol. The second kappa shape index (κ2) is 7.85. The average Bonchev–Trinajstić information content (AvgIpc) is 2.94. The van der Waals surface area contributed by atoms with E-state index in [0.717, 1.165) is 12.1 Å². The summed E-state index contributed by atoms with van der Waals surface area (Å²) in [7, 11) is 0. The molecule has 0 radical (unpaired) electrons. The van der Waals surface area contributed by atoms with Crippen molar-refractivity contribution < 1.29 is 23.1 Å². The Morgan fingerprint density at radius 2 is 2.00 bits per heavy atom. The van der Waals surface area contributed by atoms with Crippen LogP contribution in [0.2, 0.25) is 0 Å². The molecule has 1 heterocycles. The number of aliphatic hydroxyl groups excluding tert-OH is 1. The second-order valence-electron chi connectivity index (χ2n) is 5.97. The van der Waals surface area contributed by atoms with Crippen LogP contribution >= 0.6 is 0 Å². The van der Waals surface area contributed by atoms with Gasteiger partial charge < -0.3 is 15.7 Å². The van der Waals surface area contributed by atoms with Crippen LogP contribution in [0.3, 0.4) is 0 Å². The number of rotatable bonds is 5. The normalized spacial score (nSPS) is 22.4. The van der Waals surface area contributed by atoms with Gasteiger partial charge in [0, 0.05) is 6.54 Å². The minimum Gasteiger partial charge on any atom is -0.394 e. The molecule has 1 fully saturated rings. The molecule has 1 aromatic rings. The molecule has 24 heavy (non-hydrogen) atoms. The Morgan fingerprint density at radius 3 is 2.54 bits per heavy atom. The summed E-state index contributed by atoms with van der Waals surface area (Å²) in [6, 6.07) is 0.246. The minimum atomic E-state index is -1.50. The highest BCUT2D eigenvalue weighted by Crippen LogP contribution is 2.33. The lowest BCUT2D eigenvalue weighted by Gasteiger charge is -2.28. The molecule has 0 bridgehead atoms. The van der Waals surface area contributed by atoms with E-state index in [0.29, 0.717) is 19.5 Å². The Labute approximate surface area is 138 Å². The van der Waals surface area contributed by atoms with Gasteiger partial charge in [0.15, 0.2) is 17.5 Å². The van der Waals surface area contributed by atoms with Crippen molar-refractivity contribution in [3.63, 3.8) is 0 Å². The molecule has 1 aliphatic heterocycles. The SMILES string of the molecule is CCN1CC[C@@H](NC(=O)N[C@@H](C)CO)[C@@H]1c1cc(F)c(F)c(F)c1. The van der Waals surface area contributed by atoms with E-state index in [4.69, 9.17) is 5.11 Å². The number of halogens is 3. The molecule has 2 rings (SSSR count). The van der Waals surface area contributed by atoms with Gasteiger partial charge >= 0.3 is 6.03 Å². The number of hydrogen-bond donors (Lipinski definition) is 3. The Bertz CT molecular complexity index is 577. The summed E-state index contributed by atoms with van der Waals surface area (Å²) in [6.07, 6.45) is 0.597. The lowest BCUT2D eigenvalue weighted by molar-refractivity contribution is 0.209. The maximum absolute atomic E-state index is 13.6. The van der Waals surface area contributed by atoms with Gasteiger partial charge in [-0.15, -0.1) is 0 Å². The van der Waals surface area contributed by atoms with Crippen LogP contribution in [0, 0.1) is 17.5 Å². The van der Waals surface area contributed by atoms with Crippen molar-refractivity contribution in [3.8, 4) is 0 Å². The summed E-state index contributed by atoms with van der Waals surface area (Å²) < 4.78 is 40.3. The standard InChI is InChI=1S/C16H22F3N3O2/c1-3-22-5-4-13(21-16(24)20-9(2)8-23)15(22)10-6-11(17)14(19)12(18)7-10/h6-7,9,13,15,23H,3-5,8H2,1-2H3,(H2,20,21,24)/t9-,13+,15-/m0/s1. The van der Waals surface area contributed by atoms with E-state index in [2.05, 4.69) is 10.6 Å². The van der Waals surface area contributed by atoms with Gasteiger partial charge in [-0.25, -0.2) is 18.0 Å². The van der Waals surface area contributed by atoms with Crippen LogP contribution in [0.15, 0.2) is 12.1 Å². The number of hydrogen-bond acceptors (Lipinski definition) is 3. The molecule has 0 spiro atoms. The van der Waals surface area contributed by atoms with Gasteiger partial charge in [-0.1, -0.05) is 6.92 Å². The van der Waals surface area contributed by atoms with E-state index in [9.17, 15) is 18.0 Å². The van der Waals surface area contributed by atoms with E-state index in [1.807, 2.05) is 11.8 Å². The summed E-state index contributed by atoms with van der Waals surface area (Å²) in [6.45, 7) is 4.62. The van der Waals surface area contributed by atoms with Crippen LogP contribution < -0.4 is 10.6 Å². The number of likely N-dealkylation sites (tertiary alicyclic amines) is 1. The van der Waals surface area contributed by atoms with Crippen LogP contribution in [0.25, 0.3) is 0 Å². The van der Waals surface area contributed by atoms with Crippen LogP contribution in [0.5, 0.6) is 0 Å². The maximum Gasteiger partial charge on any atom is 0.315 e. The molecule has 8 heteroatoms. The highest BCUT2D eigenvalue weighted by Gasteiger charge is 2.36. The number of aliphatic hydroxyl groups is 1. The van der Waals surface area contributed by atoms with Crippen LogP contribution in [0.4, 0.5) is 18.0 Å². The summed E-state index contributed by atoms with van der Waals surface area (Å²) in [5.41, 5.74) is 0.284. The fourth-order valence-electron chi connectivity index (χ4n) is 3.03. The Hall–Kier alpha value is -1.80. The number of urea groups is 1. The maximum atomic E-state index is 13.6. The van der Waals surface area contributed by atoms with E-state index in [-0.39, 0.29) is 18.2 Å². The number of amides is 2. The molecule has 3 N–H and O–H groups in total. The van der Waals surface area contributed by atoms with Crippen molar-refractivity contribution in [3.05, 3.63) is 35.1 Å². The number of carbonyl (C=O) groups excluding carboxylic acids is 1. The predicted molar refractivity (Wildman–Crippen MR) is 82.9 cm³/mol. The largest absolute Gasteiger partial charge is 0.394 e. The zero-order valence-corrected chi connectivity index (χ0v) is 13.7. The molecule has 0 saturated carbocycles. The summed E-state index contributed by atoms with van der Waals surface area (Å²) >= 11 is 0. The van der Waals surface area contributed by atoms with Crippen molar-refractivity contribution in [2.24, 2.45) is 0 Å². The van der Waals surface area contributed by atoms with Gasteiger partial charge in [0.25, 0.3) is 0 Å². The van der Waals surface area contributed by atoms with Crippen molar-refractivity contribution >= 4 is 6.03 Å². The first kappa shape index (κ1) is 18.5. The quantitative estimate of drug-likeness (QED) is 0.715. The zero-order chi connectivity index (χ0) is 17.9. The Kier molecular flexibility index (Phi) is 6.06. The van der Waals surface area contributed by atoms with Gasteiger partial charge in [-0.05, 0) is 37.6 Å². The molecule has 3 atom stereocenters. The number of nitrogens with one attached hydrogen (secondary N) is 2. The number of likely N-dealkylation sites (N-methyl/N-ethyl adjacent to an activating group) is 1. The first-order valence-electron chi connectivity index (χ1n) is 7.93. The topological polar surface area (TPSA) is 64.6 Å². The molecule has 0 aliphatic carbocycles. The van der Waals surface area contributed by atoms with Crippen LogP contribution in [0.1, 0.15) is 31.9 Å². The second-order valence-corrected chi connectivity index (χ2v) is 5.97. The van der Waals surface area contributed by atoms with Crippen molar-refractivity contribution in [1.82, 2.24) is 15.5 Å². The van der Waals surface area contributed by atoms with Gasteiger partial charge in [0.2, 0.25) is 0 Å². The van der Waals surface area contributed by atoms with E-state index in [1.165, 1.54) is 0 Å². The van der Waals surface area contributed by atoms with Gasteiger partial charge in [-0.2, -0.15) is 0 Å². The third kappa shape index (κ3) is 3.99. The van der Waals surface area contributed by atoms with Gasteiger partial charge in [-0.3, -0.25) is 4.90 Å². The van der Waals surface area contributed by atoms with Crippen molar-refractivity contribution in [2.45, 2.75) is 38.4 Å². The summed E-state index contributed by atoms with van der Waals surface area (Å²) in [5, 5.41) is 14.3. The molecular formula is C16H22F3N3O2. The van der Waals surface area contributed by atoms with E-state index < -0.39 is 35.6 Å². The number of carbonyl (C=O) groups is 1. The lowest BCUT2D eigenvalue weighted by atomic mass is 9.99. The molecule has 134 valence electrons. The third-order valence-electron chi connectivity index (χ3n) is 4.22. The first-order valence-corrected chi connectivity index (χ1v) is 7.93. The summed E-state index contributed by atoms with van der Waals surface area (Å²) in [4.78, 5) is 13.9. The van der Waals surface area contributed by atoms with E-state index >= 15 is 0 Å². The highest BCUT2D eigenvalue weighted by atomic mass is 19.2. The fraction of sp³-hybridized carbons (Fsp3) is 0.562. The molecule has 1 aromatic carbocycles. The number of nitrogens with zero attached hydrogens (tertiary/aromatic N) is 1. The van der Waals surface area contributed by atoms with Crippen molar-refractivity contribution in [1.29, 1.82) is 0 Å². The fourth-order valence-corrected chi connectivity index (χ4v) is 3.03. The monoisotopic (exact) mass is 345 g/mol. The van der Waals surface area contributed by atoms with Crippen LogP contribution in [-0.2, 0) is 0 Å². The number of benzene rings is 1. The minimum absolute atomic E-state index is 0.197. The smallest absolute Gasteiger partial charge is 0.315 e.